The van der Waals surface area contributed by atoms with Gasteiger partial charge in [0, 0.05) is 5.69 Å². The monoisotopic (exact) mass is 503 g/mol. The van der Waals surface area contributed by atoms with Gasteiger partial charge in [-0.2, -0.15) is 0 Å². The van der Waals surface area contributed by atoms with E-state index in [1.807, 2.05) is 57.2 Å². The van der Waals surface area contributed by atoms with E-state index >= 15 is 0 Å². The molecule has 0 aliphatic carbocycles. The molecule has 1 atom stereocenters. The van der Waals surface area contributed by atoms with E-state index in [0.717, 1.165) is 58.8 Å². The number of hydrogen-bond acceptors (Lipinski definition) is 4. The number of carbonyl (C=O) groups is 3. The van der Waals surface area contributed by atoms with Crippen molar-refractivity contribution in [2.24, 2.45) is 0 Å². The van der Waals surface area contributed by atoms with Gasteiger partial charge in [-0.15, -0.1) is 0 Å². The minimum Gasteiger partial charge on any atom is -0.467 e. The first-order valence-corrected chi connectivity index (χ1v) is 12.8. The number of carbonyl (C=O) groups excluding carboxylic acids is 3. The Morgan fingerprint density at radius 3 is 2.14 bits per heavy atom. The number of fused-ring (bicyclic) bond motifs is 1. The van der Waals surface area contributed by atoms with Crippen molar-refractivity contribution in [3.63, 3.8) is 0 Å². The molecule has 0 saturated heterocycles. The van der Waals surface area contributed by atoms with Crippen molar-refractivity contribution < 1.29 is 19.1 Å². The normalized spacial score (nSPS) is 11.6. The Bertz CT molecular complexity index is 1260. The zero-order valence-electron chi connectivity index (χ0n) is 22.4. The summed E-state index contributed by atoms with van der Waals surface area (Å²) >= 11 is 0. The minimum absolute atomic E-state index is 0.272. The smallest absolute Gasteiger partial charge is 0.328 e. The number of amides is 3. The van der Waals surface area contributed by atoms with Gasteiger partial charge >= 0.3 is 12.0 Å². The number of benzene rings is 3. The van der Waals surface area contributed by atoms with Gasteiger partial charge in [-0.25, -0.2) is 9.59 Å². The van der Waals surface area contributed by atoms with Crippen molar-refractivity contribution in [2.75, 3.05) is 17.7 Å². The SMILES string of the molecule is CCCCCCC(NC(=O)c1cc2ccccc2cc1NC(=O)Nc1c(C)cc(C)cc1C)C(=O)OC. The van der Waals surface area contributed by atoms with E-state index in [0.29, 0.717) is 12.1 Å². The zero-order valence-corrected chi connectivity index (χ0v) is 22.4. The average Bonchev–Trinajstić information content (AvgIpc) is 2.87. The molecular formula is C30H37N3O4. The summed E-state index contributed by atoms with van der Waals surface area (Å²) in [4.78, 5) is 38.8. The molecule has 1 unspecified atom stereocenters. The molecule has 0 bridgehead atoms. The van der Waals surface area contributed by atoms with E-state index < -0.39 is 23.9 Å². The number of rotatable bonds is 10. The van der Waals surface area contributed by atoms with Crippen LogP contribution in [-0.2, 0) is 9.53 Å². The zero-order chi connectivity index (χ0) is 26.9. The summed E-state index contributed by atoms with van der Waals surface area (Å²) in [6.45, 7) is 8.01. The number of ether oxygens (including phenoxy) is 1. The van der Waals surface area contributed by atoms with Gasteiger partial charge in [0.1, 0.15) is 6.04 Å². The van der Waals surface area contributed by atoms with Crippen LogP contribution in [0.15, 0.2) is 48.5 Å². The Morgan fingerprint density at radius 1 is 0.865 bits per heavy atom. The van der Waals surface area contributed by atoms with E-state index in [1.165, 1.54) is 7.11 Å². The summed E-state index contributed by atoms with van der Waals surface area (Å²) < 4.78 is 4.93. The van der Waals surface area contributed by atoms with E-state index in [2.05, 4.69) is 22.9 Å². The van der Waals surface area contributed by atoms with Crippen molar-refractivity contribution in [1.82, 2.24) is 5.32 Å². The first-order chi connectivity index (χ1) is 17.7. The fourth-order valence-corrected chi connectivity index (χ4v) is 4.58. The second-order valence-corrected chi connectivity index (χ2v) is 9.50. The highest BCUT2D eigenvalue weighted by Gasteiger charge is 2.24. The molecule has 0 aromatic heterocycles. The maximum atomic E-state index is 13.4. The number of hydrogen-bond donors (Lipinski definition) is 3. The summed E-state index contributed by atoms with van der Waals surface area (Å²) in [6.07, 6.45) is 4.40. The number of urea groups is 1. The van der Waals surface area contributed by atoms with Gasteiger partial charge in [0.2, 0.25) is 0 Å². The maximum Gasteiger partial charge on any atom is 0.328 e. The van der Waals surface area contributed by atoms with Gasteiger partial charge in [0.15, 0.2) is 0 Å². The lowest BCUT2D eigenvalue weighted by atomic mass is 10.0. The van der Waals surface area contributed by atoms with E-state index in [4.69, 9.17) is 4.74 Å². The standard InChI is InChI=1S/C30H37N3O4/c1-6-7-8-9-14-25(29(35)37-5)31-28(34)24-17-22-12-10-11-13-23(22)18-26(24)32-30(36)33-27-20(3)15-19(2)16-21(27)4/h10-13,15-18,25H,6-9,14H2,1-5H3,(H,31,34)(H2,32,33,36). The molecule has 3 N–H and O–H groups in total. The topological polar surface area (TPSA) is 96.5 Å². The van der Waals surface area contributed by atoms with E-state index in [9.17, 15) is 14.4 Å². The van der Waals surface area contributed by atoms with Crippen LogP contribution in [0.1, 0.15) is 66.1 Å². The van der Waals surface area contributed by atoms with E-state index in [1.54, 1.807) is 12.1 Å². The second kappa shape index (κ2) is 12.9. The van der Waals surface area contributed by atoms with Gasteiger partial charge in [-0.1, -0.05) is 74.6 Å². The molecule has 0 aliphatic rings. The van der Waals surface area contributed by atoms with Crippen molar-refractivity contribution in [2.45, 2.75) is 65.8 Å². The molecule has 3 aromatic rings. The molecule has 37 heavy (non-hydrogen) atoms. The average molecular weight is 504 g/mol. The van der Waals surface area contributed by atoms with Crippen LogP contribution in [0.3, 0.4) is 0 Å². The van der Waals surface area contributed by atoms with Gasteiger partial charge in [-0.3, -0.25) is 4.79 Å². The van der Waals surface area contributed by atoms with Crippen LogP contribution in [0.5, 0.6) is 0 Å². The van der Waals surface area contributed by atoms with Gasteiger partial charge in [-0.05, 0) is 61.2 Å². The van der Waals surface area contributed by atoms with Crippen LogP contribution in [-0.4, -0.2) is 31.1 Å². The Balaban J connectivity index is 1.88. The second-order valence-electron chi connectivity index (χ2n) is 9.50. The molecule has 7 heteroatoms. The highest BCUT2D eigenvalue weighted by Crippen LogP contribution is 2.26. The summed E-state index contributed by atoms with van der Waals surface area (Å²) in [5.41, 5.74) is 4.37. The molecule has 3 aromatic carbocycles. The Morgan fingerprint density at radius 2 is 1.51 bits per heavy atom. The number of aryl methyl sites for hydroxylation is 3. The number of unbranched alkanes of at least 4 members (excludes halogenated alkanes) is 3. The van der Waals surface area contributed by atoms with Crippen LogP contribution in [0.25, 0.3) is 10.8 Å². The van der Waals surface area contributed by atoms with Crippen LogP contribution in [0.2, 0.25) is 0 Å². The van der Waals surface area contributed by atoms with Crippen LogP contribution < -0.4 is 16.0 Å². The number of esters is 1. The lowest BCUT2D eigenvalue weighted by Crippen LogP contribution is -2.41. The lowest BCUT2D eigenvalue weighted by Gasteiger charge is -2.19. The molecule has 3 amide bonds. The first-order valence-electron chi connectivity index (χ1n) is 12.8. The van der Waals surface area contributed by atoms with Gasteiger partial charge in [0.25, 0.3) is 5.91 Å². The molecule has 0 spiro atoms. The highest BCUT2D eigenvalue weighted by atomic mass is 16.5. The van der Waals surface area contributed by atoms with Crippen molar-refractivity contribution in [3.05, 3.63) is 70.8 Å². The minimum atomic E-state index is -0.764. The fourth-order valence-electron chi connectivity index (χ4n) is 4.58. The summed E-state index contributed by atoms with van der Waals surface area (Å²) in [5, 5.41) is 10.3. The van der Waals surface area contributed by atoms with Gasteiger partial charge in [0.05, 0.1) is 18.4 Å². The molecule has 0 fully saturated rings. The number of anilines is 2. The van der Waals surface area contributed by atoms with Crippen molar-refractivity contribution in [3.8, 4) is 0 Å². The Labute approximate surface area is 219 Å². The third-order valence-electron chi connectivity index (χ3n) is 6.43. The summed E-state index contributed by atoms with van der Waals surface area (Å²) in [7, 11) is 1.32. The number of nitrogens with one attached hydrogen (secondary N) is 3. The quantitative estimate of drug-likeness (QED) is 0.213. The summed E-state index contributed by atoms with van der Waals surface area (Å²) in [6, 6.07) is 13.9. The lowest BCUT2D eigenvalue weighted by molar-refractivity contribution is -0.143. The third kappa shape index (κ3) is 7.32. The van der Waals surface area contributed by atoms with Crippen LogP contribution in [0.4, 0.5) is 16.2 Å². The molecule has 0 radical (unpaired) electrons. The molecule has 3 rings (SSSR count). The highest BCUT2D eigenvalue weighted by molar-refractivity contribution is 6.10. The largest absolute Gasteiger partial charge is 0.467 e. The molecule has 0 saturated carbocycles. The van der Waals surface area contributed by atoms with Crippen LogP contribution in [0, 0.1) is 20.8 Å². The third-order valence-corrected chi connectivity index (χ3v) is 6.43. The molecule has 0 heterocycles. The predicted octanol–water partition coefficient (Wildman–Crippen LogP) is 6.65. The molecule has 7 nitrogen and oxygen atoms in total. The van der Waals surface area contributed by atoms with Crippen molar-refractivity contribution >= 4 is 40.1 Å². The fraction of sp³-hybridized carbons (Fsp3) is 0.367. The first kappa shape index (κ1) is 27.7. The number of methoxy groups -OCH3 is 1. The maximum absolute atomic E-state index is 13.4. The molecule has 0 aliphatic heterocycles. The molecule has 196 valence electrons. The van der Waals surface area contributed by atoms with E-state index in [-0.39, 0.29) is 5.56 Å². The Hall–Kier alpha value is -3.87. The summed E-state index contributed by atoms with van der Waals surface area (Å²) in [5.74, 6) is -0.933. The Kier molecular flexibility index (Phi) is 9.66. The van der Waals surface area contributed by atoms with Gasteiger partial charge < -0.3 is 20.7 Å². The van der Waals surface area contributed by atoms with Crippen LogP contribution >= 0.6 is 0 Å². The van der Waals surface area contributed by atoms with Crippen molar-refractivity contribution in [1.29, 1.82) is 0 Å². The molecular weight excluding hydrogens is 466 g/mol. The predicted molar refractivity (Wildman–Crippen MR) is 149 cm³/mol.